The van der Waals surface area contributed by atoms with E-state index in [4.69, 9.17) is 4.74 Å². The van der Waals surface area contributed by atoms with Crippen LogP contribution in [0.5, 0.6) is 0 Å². The maximum Gasteiger partial charge on any atom is 0.327 e. The molecule has 0 aromatic heterocycles. The minimum absolute atomic E-state index is 0.323. The smallest absolute Gasteiger partial charge is 0.327 e. The SMILES string of the molecule is COC(=O)C(NCCN(C)C)c1ccc(F)cc1. The number of esters is 1. The van der Waals surface area contributed by atoms with Gasteiger partial charge in [-0.3, -0.25) is 5.32 Å². The van der Waals surface area contributed by atoms with Crippen LogP contribution in [0.15, 0.2) is 24.3 Å². The summed E-state index contributed by atoms with van der Waals surface area (Å²) in [6.45, 7) is 1.44. The zero-order valence-electron chi connectivity index (χ0n) is 10.9. The molecule has 0 heterocycles. The van der Waals surface area contributed by atoms with Crippen molar-refractivity contribution in [2.24, 2.45) is 0 Å². The molecule has 0 saturated carbocycles. The second kappa shape index (κ2) is 7.08. The predicted molar refractivity (Wildman–Crippen MR) is 67.7 cm³/mol. The molecule has 0 saturated heterocycles. The Morgan fingerprint density at radius 2 is 2.00 bits per heavy atom. The van der Waals surface area contributed by atoms with Crippen molar-refractivity contribution in [2.75, 3.05) is 34.3 Å². The van der Waals surface area contributed by atoms with Crippen LogP contribution in [0, 0.1) is 5.82 Å². The van der Waals surface area contributed by atoms with Gasteiger partial charge in [0.1, 0.15) is 11.9 Å². The van der Waals surface area contributed by atoms with Crippen LogP contribution in [-0.2, 0) is 9.53 Å². The third-order valence-corrected chi connectivity index (χ3v) is 2.55. The molecule has 1 aromatic carbocycles. The fourth-order valence-electron chi connectivity index (χ4n) is 1.54. The Labute approximate surface area is 107 Å². The van der Waals surface area contributed by atoms with Crippen molar-refractivity contribution in [1.29, 1.82) is 0 Å². The Morgan fingerprint density at radius 3 is 2.50 bits per heavy atom. The summed E-state index contributed by atoms with van der Waals surface area (Å²) in [4.78, 5) is 13.7. The summed E-state index contributed by atoms with van der Waals surface area (Å²) in [5, 5.41) is 3.10. The maximum atomic E-state index is 12.8. The first-order chi connectivity index (χ1) is 8.54. The molecule has 5 heteroatoms. The number of methoxy groups -OCH3 is 1. The molecule has 1 rings (SSSR count). The van der Waals surface area contributed by atoms with Crippen molar-refractivity contribution >= 4 is 5.97 Å². The Hall–Kier alpha value is -1.46. The molecule has 0 radical (unpaired) electrons. The molecule has 0 amide bonds. The number of likely N-dealkylation sites (N-methyl/N-ethyl adjacent to an activating group) is 1. The van der Waals surface area contributed by atoms with E-state index in [9.17, 15) is 9.18 Å². The zero-order chi connectivity index (χ0) is 13.5. The van der Waals surface area contributed by atoms with Crippen molar-refractivity contribution in [3.05, 3.63) is 35.6 Å². The second-order valence-corrected chi connectivity index (χ2v) is 4.27. The first kappa shape index (κ1) is 14.6. The van der Waals surface area contributed by atoms with Crippen LogP contribution >= 0.6 is 0 Å². The van der Waals surface area contributed by atoms with E-state index in [-0.39, 0.29) is 11.8 Å². The molecule has 0 aliphatic rings. The largest absolute Gasteiger partial charge is 0.468 e. The van der Waals surface area contributed by atoms with Crippen molar-refractivity contribution in [3.8, 4) is 0 Å². The third kappa shape index (κ3) is 4.43. The number of rotatable bonds is 6. The molecule has 0 aliphatic heterocycles. The summed E-state index contributed by atoms with van der Waals surface area (Å²) in [5.74, 6) is -0.698. The van der Waals surface area contributed by atoms with E-state index in [1.165, 1.54) is 19.2 Å². The maximum absolute atomic E-state index is 12.8. The number of hydrogen-bond acceptors (Lipinski definition) is 4. The lowest BCUT2D eigenvalue weighted by Crippen LogP contribution is -2.34. The van der Waals surface area contributed by atoms with Gasteiger partial charge in [-0.1, -0.05) is 12.1 Å². The van der Waals surface area contributed by atoms with Gasteiger partial charge in [0.05, 0.1) is 7.11 Å². The van der Waals surface area contributed by atoms with Gasteiger partial charge in [-0.25, -0.2) is 9.18 Å². The molecule has 0 bridgehead atoms. The van der Waals surface area contributed by atoms with E-state index in [0.717, 1.165) is 6.54 Å². The van der Waals surface area contributed by atoms with Crippen LogP contribution in [-0.4, -0.2) is 45.2 Å². The molecule has 100 valence electrons. The summed E-state index contributed by atoms with van der Waals surface area (Å²) >= 11 is 0. The molecule has 18 heavy (non-hydrogen) atoms. The fourth-order valence-corrected chi connectivity index (χ4v) is 1.54. The van der Waals surface area contributed by atoms with Crippen molar-refractivity contribution in [3.63, 3.8) is 0 Å². The molecular weight excluding hydrogens is 235 g/mol. The van der Waals surface area contributed by atoms with Gasteiger partial charge >= 0.3 is 5.97 Å². The Balaban J connectivity index is 2.72. The zero-order valence-corrected chi connectivity index (χ0v) is 10.9. The van der Waals surface area contributed by atoms with E-state index in [1.54, 1.807) is 12.1 Å². The third-order valence-electron chi connectivity index (χ3n) is 2.55. The summed E-state index contributed by atoms with van der Waals surface area (Å²) < 4.78 is 17.6. The topological polar surface area (TPSA) is 41.6 Å². The first-order valence-corrected chi connectivity index (χ1v) is 5.76. The first-order valence-electron chi connectivity index (χ1n) is 5.76. The molecule has 0 aliphatic carbocycles. The Morgan fingerprint density at radius 1 is 1.39 bits per heavy atom. The number of nitrogens with one attached hydrogen (secondary N) is 1. The molecular formula is C13H19FN2O2. The minimum atomic E-state index is -0.560. The number of nitrogens with zero attached hydrogens (tertiary/aromatic N) is 1. The minimum Gasteiger partial charge on any atom is -0.468 e. The van der Waals surface area contributed by atoms with Crippen molar-refractivity contribution in [1.82, 2.24) is 10.2 Å². The number of ether oxygens (including phenoxy) is 1. The van der Waals surface area contributed by atoms with E-state index >= 15 is 0 Å². The van der Waals surface area contributed by atoms with Gasteiger partial charge in [0.15, 0.2) is 0 Å². The summed E-state index contributed by atoms with van der Waals surface area (Å²) in [7, 11) is 5.24. The van der Waals surface area contributed by atoms with Crippen LogP contribution in [0.4, 0.5) is 4.39 Å². The quantitative estimate of drug-likeness (QED) is 0.774. The number of carbonyl (C=O) groups excluding carboxylic acids is 1. The van der Waals surface area contributed by atoms with Gasteiger partial charge in [-0.05, 0) is 31.8 Å². The molecule has 1 N–H and O–H groups in total. The monoisotopic (exact) mass is 254 g/mol. The number of halogens is 1. The molecule has 0 fully saturated rings. The lowest BCUT2D eigenvalue weighted by molar-refractivity contribution is -0.143. The molecule has 0 spiro atoms. The Bertz CT molecular complexity index is 379. The summed E-state index contributed by atoms with van der Waals surface area (Å²) in [6, 6.07) is 5.27. The Kier molecular flexibility index (Phi) is 5.74. The fraction of sp³-hybridized carbons (Fsp3) is 0.462. The van der Waals surface area contributed by atoms with E-state index in [0.29, 0.717) is 12.1 Å². The molecule has 4 nitrogen and oxygen atoms in total. The van der Waals surface area contributed by atoms with Gasteiger partial charge in [-0.15, -0.1) is 0 Å². The highest BCUT2D eigenvalue weighted by Crippen LogP contribution is 2.14. The predicted octanol–water partition coefficient (Wildman–Crippen LogP) is 1.19. The van der Waals surface area contributed by atoms with Gasteiger partial charge in [0.2, 0.25) is 0 Å². The number of carbonyl (C=O) groups is 1. The van der Waals surface area contributed by atoms with Crippen LogP contribution in [0.2, 0.25) is 0 Å². The van der Waals surface area contributed by atoms with Crippen molar-refractivity contribution < 1.29 is 13.9 Å². The second-order valence-electron chi connectivity index (χ2n) is 4.27. The van der Waals surface area contributed by atoms with Crippen LogP contribution in [0.3, 0.4) is 0 Å². The summed E-state index contributed by atoms with van der Waals surface area (Å²) in [6.07, 6.45) is 0. The summed E-state index contributed by atoms with van der Waals surface area (Å²) in [5.41, 5.74) is 0.696. The van der Waals surface area contributed by atoms with Crippen LogP contribution in [0.25, 0.3) is 0 Å². The molecule has 1 unspecified atom stereocenters. The molecule has 1 aromatic rings. The van der Waals surface area contributed by atoms with E-state index in [1.807, 2.05) is 19.0 Å². The van der Waals surface area contributed by atoms with Crippen LogP contribution < -0.4 is 5.32 Å². The van der Waals surface area contributed by atoms with Crippen molar-refractivity contribution in [2.45, 2.75) is 6.04 Å². The van der Waals surface area contributed by atoms with Gasteiger partial charge in [-0.2, -0.15) is 0 Å². The van der Waals surface area contributed by atoms with E-state index < -0.39 is 6.04 Å². The highest BCUT2D eigenvalue weighted by atomic mass is 19.1. The highest BCUT2D eigenvalue weighted by Gasteiger charge is 2.20. The average Bonchev–Trinajstić information content (AvgIpc) is 2.35. The van der Waals surface area contributed by atoms with Gasteiger partial charge in [0, 0.05) is 13.1 Å². The number of hydrogen-bond donors (Lipinski definition) is 1. The average molecular weight is 254 g/mol. The van der Waals surface area contributed by atoms with Crippen LogP contribution in [0.1, 0.15) is 11.6 Å². The number of benzene rings is 1. The van der Waals surface area contributed by atoms with Gasteiger partial charge in [0.25, 0.3) is 0 Å². The molecule has 1 atom stereocenters. The lowest BCUT2D eigenvalue weighted by Gasteiger charge is -2.18. The normalized spacial score (nSPS) is 12.5. The lowest BCUT2D eigenvalue weighted by atomic mass is 10.1. The standard InChI is InChI=1S/C13H19FN2O2/c1-16(2)9-8-15-12(13(17)18-3)10-4-6-11(14)7-5-10/h4-7,12,15H,8-9H2,1-3H3. The highest BCUT2D eigenvalue weighted by molar-refractivity contribution is 5.77. The van der Waals surface area contributed by atoms with Gasteiger partial charge < -0.3 is 9.64 Å². The van der Waals surface area contributed by atoms with E-state index in [2.05, 4.69) is 5.32 Å².